The zero-order chi connectivity index (χ0) is 20.3. The fraction of sp³-hybridized carbons (Fsp3) is 0.100. The van der Waals surface area contributed by atoms with Crippen LogP contribution >= 0.6 is 39.1 Å². The van der Waals surface area contributed by atoms with Gasteiger partial charge in [0.15, 0.2) is 5.75 Å². The fourth-order valence-corrected chi connectivity index (χ4v) is 3.45. The van der Waals surface area contributed by atoms with Crippen molar-refractivity contribution in [3.63, 3.8) is 0 Å². The van der Waals surface area contributed by atoms with Crippen LogP contribution in [0.4, 0.5) is 4.79 Å². The largest absolute Gasteiger partial charge is 0.478 e. The van der Waals surface area contributed by atoms with E-state index in [0.29, 0.717) is 5.56 Å². The molecule has 0 aliphatic carbocycles. The molecule has 1 fully saturated rings. The minimum atomic E-state index is -0.495. The highest BCUT2D eigenvalue weighted by Crippen LogP contribution is 2.35. The third-order valence-corrected chi connectivity index (χ3v) is 4.94. The standard InChI is InChI=1S/C20H13BrCl2N2O3/c1-2-7-28-18-15(22)8-13(9-16(18)23)10-17-19(26)25(20(27)24-17)11-12-3-5-14(21)6-4-12/h1,3-6,8-10H,7,11H2,(H,24,27). The molecule has 0 aromatic heterocycles. The van der Waals surface area contributed by atoms with Crippen LogP contribution in [0.15, 0.2) is 46.6 Å². The van der Waals surface area contributed by atoms with Crippen molar-refractivity contribution < 1.29 is 14.3 Å². The lowest BCUT2D eigenvalue weighted by Gasteiger charge is -2.11. The van der Waals surface area contributed by atoms with Crippen LogP contribution in [0.3, 0.4) is 0 Å². The average molecular weight is 480 g/mol. The predicted octanol–water partition coefficient (Wildman–Crippen LogP) is 4.86. The monoisotopic (exact) mass is 478 g/mol. The van der Waals surface area contributed by atoms with E-state index in [9.17, 15) is 9.59 Å². The van der Waals surface area contributed by atoms with E-state index in [-0.39, 0.29) is 34.6 Å². The van der Waals surface area contributed by atoms with Gasteiger partial charge < -0.3 is 10.1 Å². The number of urea groups is 1. The van der Waals surface area contributed by atoms with Crippen molar-refractivity contribution in [3.8, 4) is 18.1 Å². The second kappa shape index (κ2) is 8.70. The van der Waals surface area contributed by atoms with Gasteiger partial charge in [-0.3, -0.25) is 9.69 Å². The van der Waals surface area contributed by atoms with Crippen molar-refractivity contribution in [2.45, 2.75) is 6.54 Å². The van der Waals surface area contributed by atoms with Crippen LogP contribution in [-0.4, -0.2) is 23.4 Å². The first-order valence-electron chi connectivity index (χ1n) is 8.03. The van der Waals surface area contributed by atoms with Crippen molar-refractivity contribution in [2.24, 2.45) is 0 Å². The lowest BCUT2D eigenvalue weighted by atomic mass is 10.1. The number of amides is 3. The number of rotatable bonds is 5. The number of imide groups is 1. The first kappa shape index (κ1) is 20.3. The molecule has 1 N–H and O–H groups in total. The maximum Gasteiger partial charge on any atom is 0.329 e. The van der Waals surface area contributed by atoms with Crippen LogP contribution in [0, 0.1) is 12.3 Å². The van der Waals surface area contributed by atoms with Gasteiger partial charge in [0, 0.05) is 4.47 Å². The Hall–Kier alpha value is -2.46. The molecule has 5 nitrogen and oxygen atoms in total. The Kier molecular flexibility index (Phi) is 6.30. The van der Waals surface area contributed by atoms with Crippen LogP contribution in [0.2, 0.25) is 10.0 Å². The highest BCUT2D eigenvalue weighted by molar-refractivity contribution is 9.10. The summed E-state index contributed by atoms with van der Waals surface area (Å²) in [7, 11) is 0. The number of carbonyl (C=O) groups is 2. The van der Waals surface area contributed by atoms with E-state index in [0.717, 1.165) is 14.9 Å². The van der Waals surface area contributed by atoms with Gasteiger partial charge in [0.2, 0.25) is 0 Å². The molecule has 0 radical (unpaired) electrons. The molecule has 1 aliphatic rings. The van der Waals surface area contributed by atoms with Gasteiger partial charge in [-0.05, 0) is 41.5 Å². The minimum absolute atomic E-state index is 0.0272. The molecular formula is C20H13BrCl2N2O3. The Morgan fingerprint density at radius 2 is 1.82 bits per heavy atom. The van der Waals surface area contributed by atoms with E-state index in [1.54, 1.807) is 12.1 Å². The van der Waals surface area contributed by atoms with Crippen molar-refractivity contribution in [1.29, 1.82) is 0 Å². The number of hydrogen-bond donors (Lipinski definition) is 1. The molecule has 3 rings (SSSR count). The van der Waals surface area contributed by atoms with Crippen LogP contribution < -0.4 is 10.1 Å². The van der Waals surface area contributed by atoms with E-state index in [2.05, 4.69) is 27.2 Å². The Labute approximate surface area is 180 Å². The Morgan fingerprint density at radius 1 is 1.18 bits per heavy atom. The van der Waals surface area contributed by atoms with Crippen molar-refractivity contribution in [1.82, 2.24) is 10.2 Å². The molecule has 8 heteroatoms. The summed E-state index contributed by atoms with van der Waals surface area (Å²) < 4.78 is 6.22. The van der Waals surface area contributed by atoms with Gasteiger partial charge in [0.05, 0.1) is 16.6 Å². The van der Waals surface area contributed by atoms with Gasteiger partial charge in [0.1, 0.15) is 12.3 Å². The van der Waals surface area contributed by atoms with Crippen LogP contribution in [0.5, 0.6) is 5.75 Å². The van der Waals surface area contributed by atoms with E-state index in [1.807, 2.05) is 24.3 Å². The molecule has 28 heavy (non-hydrogen) atoms. The summed E-state index contributed by atoms with van der Waals surface area (Å²) in [6.07, 6.45) is 6.67. The van der Waals surface area contributed by atoms with Crippen LogP contribution in [0.25, 0.3) is 6.08 Å². The number of carbonyl (C=O) groups excluding carboxylic acids is 2. The highest BCUT2D eigenvalue weighted by Gasteiger charge is 2.33. The van der Waals surface area contributed by atoms with Crippen molar-refractivity contribution >= 4 is 57.1 Å². The zero-order valence-electron chi connectivity index (χ0n) is 14.3. The minimum Gasteiger partial charge on any atom is -0.478 e. The molecular weight excluding hydrogens is 467 g/mol. The van der Waals surface area contributed by atoms with Crippen molar-refractivity contribution in [2.75, 3.05) is 6.61 Å². The van der Waals surface area contributed by atoms with Gasteiger partial charge in [-0.1, -0.05) is 57.2 Å². The second-order valence-electron chi connectivity index (χ2n) is 5.81. The topological polar surface area (TPSA) is 58.6 Å². The Balaban J connectivity index is 1.81. The SMILES string of the molecule is C#CCOc1c(Cl)cc(C=C2NC(=O)N(Cc3ccc(Br)cc3)C2=O)cc1Cl. The summed E-state index contributed by atoms with van der Waals surface area (Å²) in [4.78, 5) is 26.0. The van der Waals surface area contributed by atoms with E-state index in [4.69, 9.17) is 34.4 Å². The molecule has 2 aromatic carbocycles. The molecule has 1 saturated heterocycles. The first-order valence-corrected chi connectivity index (χ1v) is 9.58. The molecule has 0 spiro atoms. The zero-order valence-corrected chi connectivity index (χ0v) is 17.4. The molecule has 3 amide bonds. The number of nitrogens with zero attached hydrogens (tertiary/aromatic N) is 1. The normalized spacial score (nSPS) is 14.9. The van der Waals surface area contributed by atoms with Crippen LogP contribution in [0.1, 0.15) is 11.1 Å². The molecule has 0 saturated carbocycles. The molecule has 1 aliphatic heterocycles. The lowest BCUT2D eigenvalue weighted by Crippen LogP contribution is -2.30. The number of hydrogen-bond acceptors (Lipinski definition) is 3. The second-order valence-corrected chi connectivity index (χ2v) is 7.54. The summed E-state index contributed by atoms with van der Waals surface area (Å²) in [5, 5.41) is 3.06. The van der Waals surface area contributed by atoms with E-state index < -0.39 is 11.9 Å². The number of ether oxygens (including phenoxy) is 1. The third kappa shape index (κ3) is 4.50. The summed E-state index contributed by atoms with van der Waals surface area (Å²) in [5.41, 5.74) is 1.50. The Bertz CT molecular complexity index is 990. The average Bonchev–Trinajstić information content (AvgIpc) is 2.90. The van der Waals surface area contributed by atoms with Gasteiger partial charge >= 0.3 is 6.03 Å². The Morgan fingerprint density at radius 3 is 2.43 bits per heavy atom. The number of halogens is 3. The molecule has 0 unspecified atom stereocenters. The number of benzene rings is 2. The summed E-state index contributed by atoms with van der Waals surface area (Å²) >= 11 is 15.7. The molecule has 0 atom stereocenters. The third-order valence-electron chi connectivity index (χ3n) is 3.85. The molecule has 0 bridgehead atoms. The van der Waals surface area contributed by atoms with E-state index in [1.165, 1.54) is 6.08 Å². The summed E-state index contributed by atoms with van der Waals surface area (Å²) in [6.45, 7) is 0.190. The predicted molar refractivity (Wildman–Crippen MR) is 112 cm³/mol. The fourth-order valence-electron chi connectivity index (χ4n) is 2.57. The van der Waals surface area contributed by atoms with Gasteiger partial charge in [-0.25, -0.2) is 4.79 Å². The van der Waals surface area contributed by atoms with E-state index >= 15 is 0 Å². The maximum absolute atomic E-state index is 12.6. The quantitative estimate of drug-likeness (QED) is 0.378. The first-order chi connectivity index (χ1) is 13.4. The lowest BCUT2D eigenvalue weighted by molar-refractivity contribution is -0.123. The van der Waals surface area contributed by atoms with Gasteiger partial charge in [-0.2, -0.15) is 0 Å². The molecule has 142 valence electrons. The molecule has 2 aromatic rings. The number of nitrogens with one attached hydrogen (secondary N) is 1. The van der Waals surface area contributed by atoms with Gasteiger partial charge in [-0.15, -0.1) is 6.42 Å². The smallest absolute Gasteiger partial charge is 0.329 e. The molecule has 1 heterocycles. The summed E-state index contributed by atoms with van der Waals surface area (Å²) in [5.74, 6) is 2.16. The number of terminal acetylenes is 1. The van der Waals surface area contributed by atoms with Crippen molar-refractivity contribution in [3.05, 3.63) is 67.7 Å². The van der Waals surface area contributed by atoms with Crippen LogP contribution in [-0.2, 0) is 11.3 Å². The maximum atomic E-state index is 12.6. The van der Waals surface area contributed by atoms with Gasteiger partial charge in [0.25, 0.3) is 5.91 Å². The highest BCUT2D eigenvalue weighted by atomic mass is 79.9. The summed E-state index contributed by atoms with van der Waals surface area (Å²) in [6, 6.07) is 10.0.